The van der Waals surface area contributed by atoms with Crippen LogP contribution in [0.25, 0.3) is 0 Å². The van der Waals surface area contributed by atoms with Gasteiger partial charge in [0.1, 0.15) is 0 Å². The minimum Gasteiger partial charge on any atom is -0.313 e. The molecule has 0 heterocycles. The maximum Gasteiger partial charge on any atom is 0.0211 e. The lowest BCUT2D eigenvalue weighted by atomic mass is 9.71. The van der Waals surface area contributed by atoms with Crippen LogP contribution in [-0.2, 0) is 0 Å². The highest BCUT2D eigenvalue weighted by atomic mass is 14.9. The van der Waals surface area contributed by atoms with E-state index in [2.05, 4.69) is 11.2 Å². The monoisotopic (exact) mass is 205 g/mol. The maximum atomic E-state index is 5.25. The highest BCUT2D eigenvalue weighted by molar-refractivity contribution is 4.92. The van der Waals surface area contributed by atoms with E-state index < -0.39 is 0 Å². The van der Waals surface area contributed by atoms with Gasteiger partial charge in [0, 0.05) is 19.0 Å². The Bertz CT molecular complexity index is 222. The van der Waals surface area contributed by atoms with E-state index in [-0.39, 0.29) is 0 Å². The first-order chi connectivity index (χ1) is 7.35. The van der Waals surface area contributed by atoms with Gasteiger partial charge in [0.25, 0.3) is 0 Å². The predicted octanol–water partition coefficient (Wildman–Crippen LogP) is 3.10. The van der Waals surface area contributed by atoms with Crippen LogP contribution in [0.2, 0.25) is 0 Å². The molecular weight excluding hydrogens is 182 g/mol. The fraction of sp³-hybridized carbons (Fsp3) is 0.857. The molecule has 1 nitrogen and oxygen atoms in total. The van der Waals surface area contributed by atoms with Crippen molar-refractivity contribution >= 4 is 0 Å². The van der Waals surface area contributed by atoms with E-state index in [4.69, 9.17) is 6.42 Å². The molecule has 0 aromatic rings. The lowest BCUT2D eigenvalue weighted by Gasteiger charge is -2.37. The van der Waals surface area contributed by atoms with Gasteiger partial charge in [-0.3, -0.25) is 0 Å². The van der Waals surface area contributed by atoms with Gasteiger partial charge < -0.3 is 5.32 Å². The normalized spacial score (nSPS) is 25.5. The molecule has 1 spiro atoms. The molecule has 0 radical (unpaired) electrons. The molecule has 0 aromatic heterocycles. The van der Waals surface area contributed by atoms with Gasteiger partial charge in [-0.25, -0.2) is 0 Å². The zero-order valence-corrected chi connectivity index (χ0v) is 9.73. The molecule has 0 saturated heterocycles. The first-order valence-electron chi connectivity index (χ1n) is 6.52. The molecular formula is C14H23N. The molecule has 0 unspecified atom stereocenters. The molecule has 0 aliphatic heterocycles. The summed E-state index contributed by atoms with van der Waals surface area (Å²) >= 11 is 0. The van der Waals surface area contributed by atoms with E-state index in [0.29, 0.717) is 0 Å². The molecule has 84 valence electrons. The second-order valence-corrected chi connectivity index (χ2v) is 5.39. The van der Waals surface area contributed by atoms with Crippen molar-refractivity contribution in [1.82, 2.24) is 5.32 Å². The molecule has 0 amide bonds. The minimum atomic E-state index is 0.754. The zero-order valence-electron chi connectivity index (χ0n) is 9.73. The summed E-state index contributed by atoms with van der Waals surface area (Å²) in [5, 5.41) is 3.59. The lowest BCUT2D eigenvalue weighted by Crippen LogP contribution is -2.37. The van der Waals surface area contributed by atoms with Crippen molar-refractivity contribution in [3.63, 3.8) is 0 Å². The summed E-state index contributed by atoms with van der Waals surface area (Å²) in [6, 6.07) is 0.754. The fourth-order valence-electron chi connectivity index (χ4n) is 3.41. The van der Waals surface area contributed by atoms with E-state index in [9.17, 15) is 0 Å². The van der Waals surface area contributed by atoms with Gasteiger partial charge in [0.15, 0.2) is 0 Å². The zero-order chi connectivity index (χ0) is 10.6. The number of hydrogen-bond acceptors (Lipinski definition) is 1. The molecule has 1 heteroatoms. The van der Waals surface area contributed by atoms with Crippen molar-refractivity contribution < 1.29 is 0 Å². The summed E-state index contributed by atoms with van der Waals surface area (Å²) in [6.45, 7) is 1.01. The highest BCUT2D eigenvalue weighted by Crippen LogP contribution is 2.48. The average molecular weight is 205 g/mol. The van der Waals surface area contributed by atoms with Crippen molar-refractivity contribution in [1.29, 1.82) is 0 Å². The Kier molecular flexibility index (Phi) is 3.70. The summed E-state index contributed by atoms with van der Waals surface area (Å²) < 4.78 is 0. The maximum absolute atomic E-state index is 5.25. The molecule has 2 saturated carbocycles. The summed E-state index contributed by atoms with van der Waals surface area (Å²) in [6.07, 6.45) is 17.8. The smallest absolute Gasteiger partial charge is 0.0211 e. The number of rotatable bonds is 3. The lowest BCUT2D eigenvalue weighted by molar-refractivity contribution is 0.169. The van der Waals surface area contributed by atoms with E-state index in [1.165, 1.54) is 51.4 Å². The molecule has 2 aliphatic rings. The molecule has 0 aromatic carbocycles. The Hall–Kier alpha value is -0.480. The van der Waals surface area contributed by atoms with E-state index in [1.54, 1.807) is 0 Å². The summed E-state index contributed by atoms with van der Waals surface area (Å²) in [4.78, 5) is 0. The van der Waals surface area contributed by atoms with E-state index >= 15 is 0 Å². The molecule has 0 atom stereocenters. The number of hydrogen-bond donors (Lipinski definition) is 1. The summed E-state index contributed by atoms with van der Waals surface area (Å²) in [5.41, 5.74) is 0.768. The van der Waals surface area contributed by atoms with Gasteiger partial charge in [-0.15, -0.1) is 12.3 Å². The molecule has 2 aliphatic carbocycles. The average Bonchev–Trinajstić information content (AvgIpc) is 2.71. The number of terminal acetylenes is 1. The van der Waals surface area contributed by atoms with Gasteiger partial charge in [-0.05, 0) is 43.9 Å². The van der Waals surface area contributed by atoms with E-state index in [1.807, 2.05) is 0 Å². The Morgan fingerprint density at radius 1 is 1.13 bits per heavy atom. The fourth-order valence-corrected chi connectivity index (χ4v) is 3.41. The minimum absolute atomic E-state index is 0.754. The summed E-state index contributed by atoms with van der Waals surface area (Å²) in [5.74, 6) is 2.69. The Morgan fingerprint density at radius 3 is 2.40 bits per heavy atom. The predicted molar refractivity (Wildman–Crippen MR) is 64.6 cm³/mol. The van der Waals surface area contributed by atoms with Crippen molar-refractivity contribution in [2.45, 2.75) is 63.8 Å². The summed E-state index contributed by atoms with van der Waals surface area (Å²) in [7, 11) is 0. The van der Waals surface area contributed by atoms with Crippen LogP contribution in [0.5, 0.6) is 0 Å². The second kappa shape index (κ2) is 5.03. The SMILES string of the molecule is C#CCCNC1CCC2(CCCC2)CC1. The largest absolute Gasteiger partial charge is 0.313 e. The van der Waals surface area contributed by atoms with Gasteiger partial charge in [-0.1, -0.05) is 12.8 Å². The molecule has 0 bridgehead atoms. The third-order valence-electron chi connectivity index (χ3n) is 4.41. The van der Waals surface area contributed by atoms with Crippen LogP contribution in [-0.4, -0.2) is 12.6 Å². The highest BCUT2D eigenvalue weighted by Gasteiger charge is 2.37. The molecule has 2 fully saturated rings. The van der Waals surface area contributed by atoms with Crippen molar-refractivity contribution in [3.8, 4) is 12.3 Å². The van der Waals surface area contributed by atoms with Gasteiger partial charge in [0.05, 0.1) is 0 Å². The molecule has 15 heavy (non-hydrogen) atoms. The number of nitrogens with one attached hydrogen (secondary N) is 1. The van der Waals surface area contributed by atoms with Crippen LogP contribution in [0.1, 0.15) is 57.8 Å². The van der Waals surface area contributed by atoms with Crippen LogP contribution in [0.4, 0.5) is 0 Å². The Labute approximate surface area is 94.0 Å². The van der Waals surface area contributed by atoms with Crippen molar-refractivity contribution in [2.75, 3.05) is 6.54 Å². The van der Waals surface area contributed by atoms with Crippen LogP contribution >= 0.6 is 0 Å². The first kappa shape index (κ1) is 11.0. The quantitative estimate of drug-likeness (QED) is 0.551. The third kappa shape index (κ3) is 2.75. The van der Waals surface area contributed by atoms with Gasteiger partial charge in [0.2, 0.25) is 0 Å². The standard InChI is InChI=1S/C14H23N/c1-2-3-12-15-13-6-10-14(11-7-13)8-4-5-9-14/h1,13,15H,3-12H2. The Balaban J connectivity index is 1.70. The van der Waals surface area contributed by atoms with Crippen LogP contribution in [0.3, 0.4) is 0 Å². The van der Waals surface area contributed by atoms with Gasteiger partial charge in [-0.2, -0.15) is 0 Å². The van der Waals surface area contributed by atoms with Gasteiger partial charge >= 0.3 is 0 Å². The topological polar surface area (TPSA) is 12.0 Å². The van der Waals surface area contributed by atoms with Crippen LogP contribution in [0.15, 0.2) is 0 Å². The second-order valence-electron chi connectivity index (χ2n) is 5.39. The first-order valence-corrected chi connectivity index (χ1v) is 6.52. The molecule has 1 N–H and O–H groups in total. The van der Waals surface area contributed by atoms with Crippen LogP contribution in [0, 0.1) is 17.8 Å². The Morgan fingerprint density at radius 2 is 1.80 bits per heavy atom. The van der Waals surface area contributed by atoms with Crippen molar-refractivity contribution in [3.05, 3.63) is 0 Å². The van der Waals surface area contributed by atoms with E-state index in [0.717, 1.165) is 24.4 Å². The van der Waals surface area contributed by atoms with Crippen molar-refractivity contribution in [2.24, 2.45) is 5.41 Å². The molecule has 2 rings (SSSR count). The van der Waals surface area contributed by atoms with Crippen LogP contribution < -0.4 is 5.32 Å². The third-order valence-corrected chi connectivity index (χ3v) is 4.41.